The molecule has 7 nitrogen and oxygen atoms in total. The van der Waals surface area contributed by atoms with Crippen molar-refractivity contribution in [3.05, 3.63) is 36.4 Å². The van der Waals surface area contributed by atoms with Crippen LogP contribution >= 0.6 is 0 Å². The summed E-state index contributed by atoms with van der Waals surface area (Å²) in [5, 5.41) is 0. The van der Waals surface area contributed by atoms with E-state index in [9.17, 15) is 4.79 Å². The lowest BCUT2D eigenvalue weighted by Gasteiger charge is -2.48. The summed E-state index contributed by atoms with van der Waals surface area (Å²) in [6, 6.07) is 0. The van der Waals surface area contributed by atoms with Gasteiger partial charge in [0.2, 0.25) is 5.91 Å². The molecule has 0 radical (unpaired) electrons. The van der Waals surface area contributed by atoms with Gasteiger partial charge in [0.05, 0.1) is 12.9 Å². The molecule has 2 aliphatic heterocycles. The number of hydrogen-bond donors (Lipinski definition) is 2. The summed E-state index contributed by atoms with van der Waals surface area (Å²) in [5.74, 6) is 1.33. The number of rotatable bonds is 5. The summed E-state index contributed by atoms with van der Waals surface area (Å²) in [6.45, 7) is 4.71. The standard InChI is InChI=1S/C18H26N6O/c25-17-2-5-18(13-24(17)9-3-15-10-19-14-22-15)4-1-8-23(12-18)11-16-20-6-7-21-16/h6-7,10,14H,1-5,8-9,11-13H2,(H,19,22)(H,20,21)/t18-/m1/s1. The minimum Gasteiger partial charge on any atom is -0.348 e. The first-order valence-corrected chi connectivity index (χ1v) is 9.18. The van der Waals surface area contributed by atoms with E-state index in [0.717, 1.165) is 57.1 Å². The number of aromatic amines is 2. The van der Waals surface area contributed by atoms with Gasteiger partial charge < -0.3 is 14.9 Å². The Labute approximate surface area is 147 Å². The molecule has 2 aromatic heterocycles. The maximum Gasteiger partial charge on any atom is 0.222 e. The molecule has 2 fully saturated rings. The van der Waals surface area contributed by atoms with Crippen LogP contribution in [0.15, 0.2) is 24.9 Å². The summed E-state index contributed by atoms with van der Waals surface area (Å²) in [4.78, 5) is 31.7. The van der Waals surface area contributed by atoms with Gasteiger partial charge in [0, 0.05) is 62.2 Å². The molecular formula is C18H26N6O. The summed E-state index contributed by atoms with van der Waals surface area (Å²) in [5.41, 5.74) is 1.34. The van der Waals surface area contributed by atoms with Crippen molar-refractivity contribution in [3.8, 4) is 0 Å². The average Bonchev–Trinajstić information content (AvgIpc) is 3.30. The number of imidazole rings is 2. The van der Waals surface area contributed by atoms with Gasteiger partial charge in [0.25, 0.3) is 0 Å². The van der Waals surface area contributed by atoms with Gasteiger partial charge in [-0.05, 0) is 25.8 Å². The molecule has 0 aromatic carbocycles. The molecule has 2 N–H and O–H groups in total. The van der Waals surface area contributed by atoms with Crippen molar-refractivity contribution in [2.45, 2.75) is 38.6 Å². The Kier molecular flexibility index (Phi) is 4.57. The molecule has 134 valence electrons. The van der Waals surface area contributed by atoms with Crippen molar-refractivity contribution in [2.75, 3.05) is 26.2 Å². The van der Waals surface area contributed by atoms with E-state index in [1.54, 1.807) is 6.33 Å². The normalized spacial score (nSPS) is 25.0. The zero-order chi connectivity index (χ0) is 17.1. The van der Waals surface area contributed by atoms with E-state index in [2.05, 4.69) is 29.7 Å². The Morgan fingerprint density at radius 3 is 3.00 bits per heavy atom. The van der Waals surface area contributed by atoms with Gasteiger partial charge in [0.15, 0.2) is 0 Å². The van der Waals surface area contributed by atoms with E-state index in [0.29, 0.717) is 12.3 Å². The minimum absolute atomic E-state index is 0.243. The fraction of sp³-hybridized carbons (Fsp3) is 0.611. The summed E-state index contributed by atoms with van der Waals surface area (Å²) in [6.07, 6.45) is 12.2. The van der Waals surface area contributed by atoms with Crippen molar-refractivity contribution in [1.82, 2.24) is 29.7 Å². The quantitative estimate of drug-likeness (QED) is 0.864. The molecule has 4 rings (SSSR count). The molecule has 1 spiro atoms. The second-order valence-electron chi connectivity index (χ2n) is 7.49. The number of nitrogens with zero attached hydrogens (tertiary/aromatic N) is 4. The van der Waals surface area contributed by atoms with Crippen LogP contribution in [0.1, 0.15) is 37.2 Å². The SMILES string of the molecule is O=C1CC[C@@]2(CCCN(Cc3ncc[nH]3)C2)CN1CCc1cnc[nH]1. The van der Waals surface area contributed by atoms with E-state index in [-0.39, 0.29) is 5.41 Å². The van der Waals surface area contributed by atoms with Gasteiger partial charge >= 0.3 is 0 Å². The van der Waals surface area contributed by atoms with Crippen molar-refractivity contribution >= 4 is 5.91 Å². The van der Waals surface area contributed by atoms with Crippen LogP contribution in [-0.2, 0) is 17.8 Å². The van der Waals surface area contributed by atoms with Gasteiger partial charge in [-0.25, -0.2) is 9.97 Å². The fourth-order valence-electron chi connectivity index (χ4n) is 4.36. The Hall–Kier alpha value is -2.15. The van der Waals surface area contributed by atoms with Crippen LogP contribution in [0.25, 0.3) is 0 Å². The van der Waals surface area contributed by atoms with Crippen LogP contribution in [0.4, 0.5) is 0 Å². The molecule has 2 aromatic rings. The molecule has 0 unspecified atom stereocenters. The lowest BCUT2D eigenvalue weighted by molar-refractivity contribution is -0.139. The number of aromatic nitrogens is 4. The van der Waals surface area contributed by atoms with E-state index in [1.165, 1.54) is 12.8 Å². The smallest absolute Gasteiger partial charge is 0.222 e. The number of H-pyrrole nitrogens is 2. The first-order chi connectivity index (χ1) is 12.2. The van der Waals surface area contributed by atoms with Gasteiger partial charge in [-0.15, -0.1) is 0 Å². The Bertz CT molecular complexity index is 683. The number of nitrogens with one attached hydrogen (secondary N) is 2. The van der Waals surface area contributed by atoms with Crippen molar-refractivity contribution in [1.29, 1.82) is 0 Å². The van der Waals surface area contributed by atoms with Crippen LogP contribution in [0.3, 0.4) is 0 Å². The molecule has 0 aliphatic carbocycles. The first-order valence-electron chi connectivity index (χ1n) is 9.18. The second-order valence-corrected chi connectivity index (χ2v) is 7.49. The number of carbonyl (C=O) groups is 1. The number of likely N-dealkylation sites (tertiary alicyclic amines) is 2. The molecule has 4 heterocycles. The van der Waals surface area contributed by atoms with Crippen LogP contribution in [-0.4, -0.2) is 61.8 Å². The maximum absolute atomic E-state index is 12.4. The minimum atomic E-state index is 0.243. The van der Waals surface area contributed by atoms with Crippen molar-refractivity contribution in [3.63, 3.8) is 0 Å². The Morgan fingerprint density at radius 2 is 2.20 bits per heavy atom. The summed E-state index contributed by atoms with van der Waals surface area (Å²) >= 11 is 0. The molecule has 0 saturated carbocycles. The van der Waals surface area contributed by atoms with Crippen molar-refractivity contribution < 1.29 is 4.79 Å². The van der Waals surface area contributed by atoms with Crippen LogP contribution in [0, 0.1) is 5.41 Å². The third-order valence-electron chi connectivity index (χ3n) is 5.62. The van der Waals surface area contributed by atoms with E-state index >= 15 is 0 Å². The van der Waals surface area contributed by atoms with Crippen LogP contribution < -0.4 is 0 Å². The average molecular weight is 342 g/mol. The summed E-state index contributed by atoms with van der Waals surface area (Å²) in [7, 11) is 0. The predicted octanol–water partition coefficient (Wildman–Crippen LogP) is 1.58. The molecule has 25 heavy (non-hydrogen) atoms. The zero-order valence-electron chi connectivity index (χ0n) is 14.6. The van der Waals surface area contributed by atoms with E-state index < -0.39 is 0 Å². The van der Waals surface area contributed by atoms with Crippen LogP contribution in [0.2, 0.25) is 0 Å². The highest BCUT2D eigenvalue weighted by atomic mass is 16.2. The highest BCUT2D eigenvalue weighted by Gasteiger charge is 2.41. The third-order valence-corrected chi connectivity index (χ3v) is 5.62. The van der Waals surface area contributed by atoms with Gasteiger partial charge in [0.1, 0.15) is 5.82 Å². The first kappa shape index (κ1) is 16.3. The Balaban J connectivity index is 1.39. The number of amides is 1. The predicted molar refractivity (Wildman–Crippen MR) is 93.6 cm³/mol. The maximum atomic E-state index is 12.4. The van der Waals surface area contributed by atoms with Gasteiger partial charge in [-0.2, -0.15) is 0 Å². The van der Waals surface area contributed by atoms with Crippen molar-refractivity contribution in [2.24, 2.45) is 5.41 Å². The van der Waals surface area contributed by atoms with E-state index in [4.69, 9.17) is 0 Å². The number of hydrogen-bond acceptors (Lipinski definition) is 4. The second kappa shape index (κ2) is 7.00. The zero-order valence-corrected chi connectivity index (χ0v) is 14.6. The van der Waals surface area contributed by atoms with Gasteiger partial charge in [-0.3, -0.25) is 9.69 Å². The largest absolute Gasteiger partial charge is 0.348 e. The molecule has 1 amide bonds. The van der Waals surface area contributed by atoms with Gasteiger partial charge in [-0.1, -0.05) is 0 Å². The molecular weight excluding hydrogens is 316 g/mol. The number of carbonyl (C=O) groups excluding carboxylic acids is 1. The molecule has 2 saturated heterocycles. The lowest BCUT2D eigenvalue weighted by Crippen LogP contribution is -2.54. The topological polar surface area (TPSA) is 80.9 Å². The highest BCUT2D eigenvalue weighted by molar-refractivity contribution is 5.77. The summed E-state index contributed by atoms with van der Waals surface area (Å²) < 4.78 is 0. The Morgan fingerprint density at radius 1 is 1.24 bits per heavy atom. The molecule has 0 bridgehead atoms. The molecule has 7 heteroatoms. The third kappa shape index (κ3) is 3.76. The highest BCUT2D eigenvalue weighted by Crippen LogP contribution is 2.39. The monoisotopic (exact) mass is 342 g/mol. The lowest BCUT2D eigenvalue weighted by atomic mass is 9.73. The fourth-order valence-corrected chi connectivity index (χ4v) is 4.36. The number of piperidine rings is 2. The molecule has 1 atom stereocenters. The van der Waals surface area contributed by atoms with E-state index in [1.807, 2.05) is 18.6 Å². The molecule has 2 aliphatic rings. The van der Waals surface area contributed by atoms with Crippen LogP contribution in [0.5, 0.6) is 0 Å².